The zero-order valence-electron chi connectivity index (χ0n) is 28.8. The number of allylic oxidation sites excluding steroid dienone is 2. The van der Waals surface area contributed by atoms with Crippen LogP contribution in [-0.4, -0.2) is 5.92 Å². The Morgan fingerprint density at radius 1 is 0.587 bits per heavy atom. The van der Waals surface area contributed by atoms with Crippen molar-refractivity contribution in [2.75, 3.05) is 0 Å². The molecule has 6 rings (SSSR count). The molecule has 0 aromatic heterocycles. The van der Waals surface area contributed by atoms with E-state index in [2.05, 4.69) is 152 Å². The van der Waals surface area contributed by atoms with Crippen molar-refractivity contribution in [3.8, 4) is 22.3 Å². The molecule has 0 nitrogen and oxygen atoms in total. The summed E-state index contributed by atoms with van der Waals surface area (Å²) in [6, 6.07) is 32.1. The predicted molar refractivity (Wildman–Crippen MR) is 205 cm³/mol. The molecule has 0 saturated carbocycles. The van der Waals surface area contributed by atoms with Gasteiger partial charge in [0.2, 0.25) is 0 Å². The summed E-state index contributed by atoms with van der Waals surface area (Å²) in [5, 5.41) is 0. The topological polar surface area (TPSA) is 0 Å². The molecule has 2 aliphatic rings. The first-order chi connectivity index (χ1) is 21.9. The summed E-state index contributed by atoms with van der Waals surface area (Å²) >= 11 is -4.77. The van der Waals surface area contributed by atoms with Crippen LogP contribution in [0.4, 0.5) is 0 Å². The molecule has 0 spiro atoms. The third kappa shape index (κ3) is 5.44. The quantitative estimate of drug-likeness (QED) is 0.150. The van der Waals surface area contributed by atoms with Crippen LogP contribution in [0, 0.1) is 0 Å². The maximum atomic E-state index is 8.61. The third-order valence-electron chi connectivity index (χ3n) is 11.1. The van der Waals surface area contributed by atoms with Crippen LogP contribution in [0.3, 0.4) is 0 Å². The van der Waals surface area contributed by atoms with Crippen LogP contribution in [0.15, 0.2) is 96.1 Å². The molecule has 4 aromatic rings. The number of halogens is 2. The Bertz CT molecular complexity index is 1700. The van der Waals surface area contributed by atoms with Crippen LogP contribution >= 0.6 is 17.0 Å². The molecular formula is C42H49Cl2SiZr. The van der Waals surface area contributed by atoms with Crippen LogP contribution in [0.5, 0.6) is 0 Å². The van der Waals surface area contributed by atoms with Gasteiger partial charge in [-0.15, -0.1) is 0 Å². The number of benzene rings is 4. The molecule has 0 amide bonds. The fraction of sp³-hybridized carbons (Fsp3) is 0.333. The predicted octanol–water partition coefficient (Wildman–Crippen LogP) is 13.6. The van der Waals surface area contributed by atoms with Gasteiger partial charge in [0.15, 0.2) is 0 Å². The van der Waals surface area contributed by atoms with Crippen molar-refractivity contribution in [2.24, 2.45) is 0 Å². The van der Waals surface area contributed by atoms with E-state index in [4.69, 9.17) is 17.0 Å². The van der Waals surface area contributed by atoms with E-state index in [1.54, 1.807) is 0 Å². The molecule has 4 heteroatoms. The van der Waals surface area contributed by atoms with Crippen LogP contribution in [0.2, 0.25) is 13.1 Å². The molecule has 239 valence electrons. The molecule has 0 bridgehead atoms. The summed E-state index contributed by atoms with van der Waals surface area (Å²) in [6.45, 7) is 18.5. The Kier molecular flexibility index (Phi) is 9.45. The Labute approximate surface area is 286 Å². The van der Waals surface area contributed by atoms with E-state index in [0.29, 0.717) is 11.8 Å². The van der Waals surface area contributed by atoms with E-state index in [9.17, 15) is 0 Å². The first-order valence-electron chi connectivity index (χ1n) is 17.3. The summed E-state index contributed by atoms with van der Waals surface area (Å²) in [4.78, 5) is 0. The van der Waals surface area contributed by atoms with E-state index < -0.39 is 21.5 Å². The van der Waals surface area contributed by atoms with Crippen molar-refractivity contribution in [2.45, 2.75) is 86.6 Å². The molecule has 46 heavy (non-hydrogen) atoms. The first kappa shape index (κ1) is 33.9. The second-order valence-corrected chi connectivity index (χ2v) is 57.1. The Balaban J connectivity index is 1.52. The summed E-state index contributed by atoms with van der Waals surface area (Å²) in [5.41, 5.74) is 16.1. The molecule has 0 heterocycles. The Hall–Kier alpha value is -1.96. The molecule has 0 saturated heterocycles. The van der Waals surface area contributed by atoms with E-state index in [-0.39, 0.29) is 7.25 Å². The van der Waals surface area contributed by atoms with Gasteiger partial charge in [0.1, 0.15) is 0 Å². The maximum absolute atomic E-state index is 8.61. The van der Waals surface area contributed by atoms with Gasteiger partial charge in [-0.25, -0.2) is 0 Å². The van der Waals surface area contributed by atoms with Crippen LogP contribution in [-0.2, 0) is 15.6 Å². The van der Waals surface area contributed by atoms with Crippen molar-refractivity contribution >= 4 is 35.1 Å². The van der Waals surface area contributed by atoms with Gasteiger partial charge in [0.05, 0.1) is 0 Å². The van der Waals surface area contributed by atoms with Crippen LogP contribution in [0.25, 0.3) is 34.4 Å². The van der Waals surface area contributed by atoms with Crippen molar-refractivity contribution in [3.63, 3.8) is 0 Å². The summed E-state index contributed by atoms with van der Waals surface area (Å²) in [5.74, 6) is -0.574. The molecule has 0 N–H and O–H groups in total. The Morgan fingerprint density at radius 2 is 0.957 bits per heavy atom. The molecule has 0 aliphatic heterocycles. The summed E-state index contributed by atoms with van der Waals surface area (Å²) < 4.78 is 0.234. The van der Waals surface area contributed by atoms with Crippen molar-refractivity contribution < 1.29 is 15.6 Å². The monoisotopic (exact) mass is 741 g/mol. The zero-order chi connectivity index (χ0) is 33.0. The van der Waals surface area contributed by atoms with E-state index >= 15 is 0 Å². The van der Waals surface area contributed by atoms with Crippen molar-refractivity contribution in [1.82, 2.24) is 0 Å². The zero-order valence-corrected chi connectivity index (χ0v) is 33.9. The minimum atomic E-state index is -4.77. The van der Waals surface area contributed by atoms with Gasteiger partial charge < -0.3 is 0 Å². The van der Waals surface area contributed by atoms with Gasteiger partial charge in [-0.05, 0) is 0 Å². The van der Waals surface area contributed by atoms with Crippen molar-refractivity contribution in [3.05, 3.63) is 129 Å². The normalized spacial score (nSPS) is 18.4. The fourth-order valence-electron chi connectivity index (χ4n) is 8.28. The summed E-state index contributed by atoms with van der Waals surface area (Å²) in [7, 11) is 17.2. The molecule has 2 aliphatic carbocycles. The number of hydrogen-bond donors (Lipinski definition) is 0. The number of fused-ring (bicyclic) bond motifs is 2. The average molecular weight is 744 g/mol. The molecule has 0 fully saturated rings. The Morgan fingerprint density at radius 3 is 1.26 bits per heavy atom. The molecule has 4 aromatic carbocycles. The standard InChI is InChI=1S/2C20H21.C2H7Si.2ClH.Zr/c2*1-4-15-12-18-6-5-7-19(20(18)13-15)17-10-8-16(9-11-17)14(2)3;1-3-2;;;/h2*5-14H,4H2,1-3H3;3H,1-2H3;2*1H;/q;;;;;+2/p-2. The van der Waals surface area contributed by atoms with Gasteiger partial charge in [0, 0.05) is 0 Å². The SMILES string of the molecule is CCC1=Cc2c(-c3ccc(C(C)C)cc3)cccc2[CH]1[Zr]([Cl])([Cl])([CH]1C(CC)=Cc2c(-c3ccc(C(C)C)cc3)cccc21)[SiH](C)C. The molecular weight excluding hydrogens is 695 g/mol. The van der Waals surface area contributed by atoms with Crippen LogP contribution in [0.1, 0.15) is 107 Å². The van der Waals surface area contributed by atoms with E-state index in [1.165, 1.54) is 66.8 Å². The second-order valence-electron chi connectivity index (χ2n) is 14.6. The second kappa shape index (κ2) is 12.8. The van der Waals surface area contributed by atoms with Crippen molar-refractivity contribution in [1.29, 1.82) is 0 Å². The fourth-order valence-corrected chi connectivity index (χ4v) is 40.1. The third-order valence-corrected chi connectivity index (χ3v) is 63.0. The average Bonchev–Trinajstić information content (AvgIpc) is 3.64. The molecule has 2 unspecified atom stereocenters. The summed E-state index contributed by atoms with van der Waals surface area (Å²) in [6.07, 6.45) is 6.86. The van der Waals surface area contributed by atoms with Gasteiger partial charge in [-0.3, -0.25) is 0 Å². The van der Waals surface area contributed by atoms with Gasteiger partial charge >= 0.3 is 289 Å². The van der Waals surface area contributed by atoms with E-state index in [1.807, 2.05) is 0 Å². The number of hydrogen-bond acceptors (Lipinski definition) is 0. The van der Waals surface area contributed by atoms with Gasteiger partial charge in [-0.1, -0.05) is 0 Å². The minimum absolute atomic E-state index is 0.117. The van der Waals surface area contributed by atoms with Crippen LogP contribution < -0.4 is 0 Å². The molecule has 0 radical (unpaired) electrons. The van der Waals surface area contributed by atoms with Gasteiger partial charge in [0.25, 0.3) is 0 Å². The van der Waals surface area contributed by atoms with E-state index in [0.717, 1.165) is 12.8 Å². The van der Waals surface area contributed by atoms with Gasteiger partial charge in [-0.2, -0.15) is 0 Å². The molecule has 2 atom stereocenters. The number of rotatable bonds is 9. The first-order valence-corrected chi connectivity index (χ1v) is 33.7.